The molecular formula is C21H26ClN3O2. The second kappa shape index (κ2) is 10.1. The van der Waals surface area contributed by atoms with Crippen LogP contribution >= 0.6 is 12.4 Å². The molecule has 2 amide bonds. The zero-order valence-corrected chi connectivity index (χ0v) is 16.2. The summed E-state index contributed by atoms with van der Waals surface area (Å²) in [6.45, 7) is 2.85. The standard InChI is InChI=1S/C21H25N3O2.ClH/c1-15(23-21(26)19-12-5-6-13-22-19)17-10-7-11-18(14-17)24-20(25)16-8-3-2-4-9-16;/h2-4,7-11,14-15,19,22H,5-6,12-13H2,1H3,(H,23,26)(H,24,25);1H. The minimum Gasteiger partial charge on any atom is -0.348 e. The maximum atomic E-state index is 12.4. The van der Waals surface area contributed by atoms with Crippen LogP contribution in [0, 0.1) is 0 Å². The Bertz CT molecular complexity index is 761. The molecule has 2 aromatic rings. The Morgan fingerprint density at radius 1 is 1.07 bits per heavy atom. The summed E-state index contributed by atoms with van der Waals surface area (Å²) < 4.78 is 0. The van der Waals surface area contributed by atoms with Gasteiger partial charge in [0, 0.05) is 11.3 Å². The normalized spacial score (nSPS) is 17.3. The SMILES string of the molecule is CC(NC(=O)C1CCCCN1)c1cccc(NC(=O)c2ccccc2)c1.Cl. The van der Waals surface area contributed by atoms with Gasteiger partial charge in [0.05, 0.1) is 12.1 Å². The summed E-state index contributed by atoms with van der Waals surface area (Å²) in [5, 5.41) is 9.23. The van der Waals surface area contributed by atoms with Crippen molar-refractivity contribution in [1.82, 2.24) is 10.6 Å². The van der Waals surface area contributed by atoms with E-state index in [1.807, 2.05) is 49.4 Å². The molecule has 6 heteroatoms. The van der Waals surface area contributed by atoms with Gasteiger partial charge >= 0.3 is 0 Å². The number of halogens is 1. The van der Waals surface area contributed by atoms with E-state index in [9.17, 15) is 9.59 Å². The molecule has 0 bridgehead atoms. The molecule has 3 N–H and O–H groups in total. The number of carbonyl (C=O) groups excluding carboxylic acids is 2. The molecule has 144 valence electrons. The quantitative estimate of drug-likeness (QED) is 0.732. The molecule has 1 fully saturated rings. The third kappa shape index (κ3) is 5.81. The van der Waals surface area contributed by atoms with Crippen LogP contribution < -0.4 is 16.0 Å². The molecule has 0 aromatic heterocycles. The fourth-order valence-corrected chi connectivity index (χ4v) is 3.15. The topological polar surface area (TPSA) is 70.2 Å². The highest BCUT2D eigenvalue weighted by atomic mass is 35.5. The number of carbonyl (C=O) groups is 2. The molecular weight excluding hydrogens is 362 g/mol. The van der Waals surface area contributed by atoms with Crippen LogP contribution in [0.3, 0.4) is 0 Å². The summed E-state index contributed by atoms with van der Waals surface area (Å²) in [4.78, 5) is 24.7. The lowest BCUT2D eigenvalue weighted by Gasteiger charge is -2.25. The Hall–Kier alpha value is -2.37. The van der Waals surface area contributed by atoms with E-state index in [4.69, 9.17) is 0 Å². The Morgan fingerprint density at radius 3 is 2.56 bits per heavy atom. The van der Waals surface area contributed by atoms with Crippen molar-refractivity contribution >= 4 is 29.9 Å². The fraction of sp³-hybridized carbons (Fsp3) is 0.333. The zero-order chi connectivity index (χ0) is 18.4. The summed E-state index contributed by atoms with van der Waals surface area (Å²) in [6.07, 6.45) is 3.09. The van der Waals surface area contributed by atoms with Gasteiger partial charge in [-0.25, -0.2) is 0 Å². The van der Waals surface area contributed by atoms with Gasteiger partial charge in [0.15, 0.2) is 0 Å². The van der Waals surface area contributed by atoms with Crippen LogP contribution in [0.25, 0.3) is 0 Å². The number of hydrogen-bond donors (Lipinski definition) is 3. The average Bonchev–Trinajstić information content (AvgIpc) is 2.69. The van der Waals surface area contributed by atoms with Gasteiger partial charge in [0.25, 0.3) is 5.91 Å². The number of amides is 2. The van der Waals surface area contributed by atoms with Crippen LogP contribution in [0.2, 0.25) is 0 Å². The van der Waals surface area contributed by atoms with Crippen molar-refractivity contribution in [2.24, 2.45) is 0 Å². The van der Waals surface area contributed by atoms with E-state index in [1.165, 1.54) is 0 Å². The molecule has 2 aromatic carbocycles. The minimum atomic E-state index is -0.147. The molecule has 2 unspecified atom stereocenters. The predicted octanol–water partition coefficient (Wildman–Crippen LogP) is 3.68. The number of anilines is 1. The van der Waals surface area contributed by atoms with Crippen LogP contribution in [0.4, 0.5) is 5.69 Å². The van der Waals surface area contributed by atoms with Crippen LogP contribution in [0.15, 0.2) is 54.6 Å². The first-order valence-electron chi connectivity index (χ1n) is 9.13. The Balaban J connectivity index is 0.00000261. The van der Waals surface area contributed by atoms with Crippen molar-refractivity contribution in [3.8, 4) is 0 Å². The molecule has 0 radical (unpaired) electrons. The lowest BCUT2D eigenvalue weighted by atomic mass is 10.0. The smallest absolute Gasteiger partial charge is 0.255 e. The number of hydrogen-bond acceptors (Lipinski definition) is 3. The number of benzene rings is 2. The van der Waals surface area contributed by atoms with Crippen molar-refractivity contribution in [3.05, 3.63) is 65.7 Å². The van der Waals surface area contributed by atoms with Crippen molar-refractivity contribution < 1.29 is 9.59 Å². The molecule has 1 aliphatic heterocycles. The summed E-state index contributed by atoms with van der Waals surface area (Å²) in [5.74, 6) is -0.109. The molecule has 1 heterocycles. The van der Waals surface area contributed by atoms with Gasteiger partial charge in [-0.3, -0.25) is 9.59 Å². The molecule has 0 spiro atoms. The summed E-state index contributed by atoms with van der Waals surface area (Å²) in [7, 11) is 0. The van der Waals surface area contributed by atoms with Gasteiger partial charge < -0.3 is 16.0 Å². The minimum absolute atomic E-state index is 0. The molecule has 0 aliphatic carbocycles. The maximum Gasteiger partial charge on any atom is 0.255 e. The Kier molecular flexibility index (Phi) is 7.82. The van der Waals surface area contributed by atoms with E-state index in [0.717, 1.165) is 31.4 Å². The van der Waals surface area contributed by atoms with E-state index >= 15 is 0 Å². The Labute approximate surface area is 166 Å². The highest BCUT2D eigenvalue weighted by molar-refractivity contribution is 6.04. The average molecular weight is 388 g/mol. The summed E-state index contributed by atoms with van der Waals surface area (Å²) in [6, 6.07) is 16.5. The van der Waals surface area contributed by atoms with Gasteiger partial charge in [0.1, 0.15) is 0 Å². The van der Waals surface area contributed by atoms with Gasteiger partial charge in [-0.15, -0.1) is 12.4 Å². The van der Waals surface area contributed by atoms with Crippen molar-refractivity contribution in [2.45, 2.75) is 38.3 Å². The van der Waals surface area contributed by atoms with Crippen molar-refractivity contribution in [2.75, 3.05) is 11.9 Å². The van der Waals surface area contributed by atoms with Gasteiger partial charge in [0.2, 0.25) is 5.91 Å². The highest BCUT2D eigenvalue weighted by Crippen LogP contribution is 2.19. The van der Waals surface area contributed by atoms with Crippen LogP contribution in [-0.4, -0.2) is 24.4 Å². The lowest BCUT2D eigenvalue weighted by molar-refractivity contribution is -0.124. The lowest BCUT2D eigenvalue weighted by Crippen LogP contribution is -2.47. The second-order valence-electron chi connectivity index (χ2n) is 6.68. The number of piperidine rings is 1. The molecule has 2 atom stereocenters. The first kappa shape index (κ1) is 20.9. The highest BCUT2D eigenvalue weighted by Gasteiger charge is 2.22. The van der Waals surface area contributed by atoms with Crippen LogP contribution in [-0.2, 0) is 4.79 Å². The largest absolute Gasteiger partial charge is 0.348 e. The maximum absolute atomic E-state index is 12.4. The van der Waals surface area contributed by atoms with E-state index in [2.05, 4.69) is 16.0 Å². The van der Waals surface area contributed by atoms with E-state index in [0.29, 0.717) is 11.3 Å². The predicted molar refractivity (Wildman–Crippen MR) is 110 cm³/mol. The number of nitrogens with one attached hydrogen (secondary N) is 3. The molecule has 5 nitrogen and oxygen atoms in total. The fourth-order valence-electron chi connectivity index (χ4n) is 3.15. The third-order valence-electron chi connectivity index (χ3n) is 4.67. The molecule has 1 saturated heterocycles. The van der Waals surface area contributed by atoms with E-state index < -0.39 is 0 Å². The third-order valence-corrected chi connectivity index (χ3v) is 4.67. The zero-order valence-electron chi connectivity index (χ0n) is 15.4. The molecule has 3 rings (SSSR count). The van der Waals surface area contributed by atoms with Gasteiger partial charge in [-0.05, 0) is 56.1 Å². The molecule has 27 heavy (non-hydrogen) atoms. The van der Waals surface area contributed by atoms with Crippen molar-refractivity contribution in [3.63, 3.8) is 0 Å². The number of rotatable bonds is 5. The monoisotopic (exact) mass is 387 g/mol. The first-order chi connectivity index (χ1) is 12.6. The van der Waals surface area contributed by atoms with E-state index in [1.54, 1.807) is 12.1 Å². The second-order valence-corrected chi connectivity index (χ2v) is 6.68. The first-order valence-corrected chi connectivity index (χ1v) is 9.13. The molecule has 0 saturated carbocycles. The van der Waals surface area contributed by atoms with Gasteiger partial charge in [-0.2, -0.15) is 0 Å². The van der Waals surface area contributed by atoms with Crippen LogP contribution in [0.5, 0.6) is 0 Å². The Morgan fingerprint density at radius 2 is 1.85 bits per heavy atom. The van der Waals surface area contributed by atoms with Crippen LogP contribution in [0.1, 0.15) is 48.1 Å². The summed E-state index contributed by atoms with van der Waals surface area (Å²) in [5.41, 5.74) is 2.29. The molecule has 1 aliphatic rings. The van der Waals surface area contributed by atoms with Gasteiger partial charge in [-0.1, -0.05) is 36.8 Å². The summed E-state index contributed by atoms with van der Waals surface area (Å²) >= 11 is 0. The van der Waals surface area contributed by atoms with E-state index in [-0.39, 0.29) is 36.3 Å². The van der Waals surface area contributed by atoms with Crippen molar-refractivity contribution in [1.29, 1.82) is 0 Å².